The van der Waals surface area contributed by atoms with Crippen molar-refractivity contribution in [2.45, 2.75) is 128 Å². The van der Waals surface area contributed by atoms with Crippen LogP contribution in [0.4, 0.5) is 0 Å². The number of nitrogens with zero attached hydrogens (tertiary/aromatic N) is 1. The third-order valence-corrected chi connectivity index (χ3v) is 11.6. The fraction of sp³-hybridized carbons (Fsp3) is 0.460. The number of rotatable bonds is 25. The highest BCUT2D eigenvalue weighted by molar-refractivity contribution is 5.91. The summed E-state index contributed by atoms with van der Waals surface area (Å²) in [5.74, 6) is -1.83. The first-order valence-corrected chi connectivity index (χ1v) is 22.4. The van der Waals surface area contributed by atoms with Crippen molar-refractivity contribution >= 4 is 45.0 Å². The van der Waals surface area contributed by atoms with E-state index < -0.39 is 60.1 Å². The Morgan fingerprint density at radius 3 is 1.83 bits per heavy atom. The SMILES string of the molecule is CC(C)C[C@H](NC(=O)C[C@H](O)[C@H](CC(C)C)NC(=O)[C@@H](N)Cc1c[nH]cn1)C(=O)N[C@@H](CCCC(N)O)CC(=O)C(Cc1cccc2ccccc12)Cc1cccc2ccccc12. The van der Waals surface area contributed by atoms with Gasteiger partial charge < -0.3 is 42.6 Å². The number of H-pyrrole nitrogens is 1. The van der Waals surface area contributed by atoms with Crippen LogP contribution in [0.3, 0.4) is 0 Å². The molecule has 1 unspecified atom stereocenters. The van der Waals surface area contributed by atoms with E-state index in [2.05, 4.69) is 74.4 Å². The molecule has 13 heteroatoms. The van der Waals surface area contributed by atoms with E-state index in [1.165, 1.54) is 6.33 Å². The van der Waals surface area contributed by atoms with E-state index in [0.29, 0.717) is 44.2 Å². The number of carbonyl (C=O) groups is 4. The lowest BCUT2D eigenvalue weighted by Crippen LogP contribution is -2.53. The number of nitrogens with one attached hydrogen (secondary N) is 4. The van der Waals surface area contributed by atoms with Crippen LogP contribution in [0.5, 0.6) is 0 Å². The minimum absolute atomic E-state index is 0.00759. The van der Waals surface area contributed by atoms with E-state index in [1.807, 2.05) is 64.1 Å². The quantitative estimate of drug-likeness (QED) is 0.0352. The summed E-state index contributed by atoms with van der Waals surface area (Å²) < 4.78 is 0. The van der Waals surface area contributed by atoms with Crippen LogP contribution in [-0.2, 0) is 38.4 Å². The highest BCUT2D eigenvalue weighted by Crippen LogP contribution is 2.28. The van der Waals surface area contributed by atoms with E-state index in [1.54, 1.807) is 6.20 Å². The highest BCUT2D eigenvalue weighted by Gasteiger charge is 2.31. The number of aliphatic hydroxyl groups is 2. The summed E-state index contributed by atoms with van der Waals surface area (Å²) >= 11 is 0. The molecule has 3 amide bonds. The number of hydrogen-bond donors (Lipinski definition) is 8. The fourth-order valence-electron chi connectivity index (χ4n) is 8.40. The first kappa shape index (κ1) is 48.6. The third-order valence-electron chi connectivity index (χ3n) is 11.6. The second-order valence-electron chi connectivity index (χ2n) is 17.9. The number of ketones is 1. The molecule has 0 spiro atoms. The second-order valence-corrected chi connectivity index (χ2v) is 17.9. The van der Waals surface area contributed by atoms with Crippen molar-refractivity contribution < 1.29 is 29.4 Å². The topological polar surface area (TPSA) is 226 Å². The van der Waals surface area contributed by atoms with Gasteiger partial charge in [-0.05, 0) is 89.5 Å². The van der Waals surface area contributed by atoms with E-state index >= 15 is 0 Å². The molecule has 4 aromatic carbocycles. The number of aliphatic hydroxyl groups excluding tert-OH is 2. The average Bonchev–Trinajstić information content (AvgIpc) is 3.75. The van der Waals surface area contributed by atoms with Gasteiger partial charge in [-0.25, -0.2) is 4.98 Å². The van der Waals surface area contributed by atoms with Gasteiger partial charge in [0.2, 0.25) is 17.7 Å². The molecule has 63 heavy (non-hydrogen) atoms. The smallest absolute Gasteiger partial charge is 0.242 e. The van der Waals surface area contributed by atoms with Crippen LogP contribution in [0.1, 0.15) is 89.5 Å². The predicted octanol–water partition coefficient (Wildman–Crippen LogP) is 5.39. The minimum atomic E-state index is -1.26. The molecular formula is C50H67N7O6. The lowest BCUT2D eigenvalue weighted by molar-refractivity contribution is -0.132. The predicted molar refractivity (Wildman–Crippen MR) is 248 cm³/mol. The number of imidazole rings is 1. The van der Waals surface area contributed by atoms with Crippen LogP contribution in [-0.4, -0.2) is 80.2 Å². The summed E-state index contributed by atoms with van der Waals surface area (Å²) in [7, 11) is 0. The zero-order chi connectivity index (χ0) is 45.5. The molecular weight excluding hydrogens is 795 g/mol. The molecule has 338 valence electrons. The van der Waals surface area contributed by atoms with Gasteiger partial charge in [0.15, 0.2) is 0 Å². The van der Waals surface area contributed by atoms with Gasteiger partial charge in [-0.1, -0.05) is 113 Å². The van der Waals surface area contributed by atoms with Gasteiger partial charge in [0.05, 0.1) is 36.6 Å². The molecule has 0 saturated heterocycles. The van der Waals surface area contributed by atoms with E-state index in [0.717, 1.165) is 32.7 Å². The largest absolute Gasteiger partial charge is 0.390 e. The normalized spacial score (nSPS) is 14.7. The van der Waals surface area contributed by atoms with Gasteiger partial charge in [-0.15, -0.1) is 0 Å². The first-order valence-electron chi connectivity index (χ1n) is 22.4. The minimum Gasteiger partial charge on any atom is -0.390 e. The van der Waals surface area contributed by atoms with E-state index in [9.17, 15) is 29.4 Å². The second kappa shape index (κ2) is 23.8. The number of hydrogen-bond acceptors (Lipinski definition) is 9. The molecule has 0 radical (unpaired) electrons. The molecule has 0 aliphatic heterocycles. The van der Waals surface area contributed by atoms with Gasteiger partial charge >= 0.3 is 0 Å². The maximum atomic E-state index is 14.7. The molecule has 10 N–H and O–H groups in total. The summed E-state index contributed by atoms with van der Waals surface area (Å²) in [6, 6.07) is 25.3. The standard InChI is InChI=1S/C50H67N7O6/c1-31(2)22-43(57-49(62)42(51)26-39-29-53-30-54-39)46(59)28-48(61)56-44(23-32(3)4)50(63)55-38(18-11-21-47(52)60)27-45(58)37(24-35-16-9-14-33-12-5-7-19-40(33)35)25-36-17-10-15-34-13-6-8-20-41(34)36/h5-10,12-17,19-20,29-32,37-38,42-44,46-47,59-60H,11,18,21-28,51-52H2,1-4H3,(H,53,54)(H,55,63)(H,56,61)(H,57,62)/t38-,42-,43-,44-,46-,47?/m0/s1. The van der Waals surface area contributed by atoms with Crippen molar-refractivity contribution in [3.05, 3.63) is 114 Å². The molecule has 0 saturated carbocycles. The number of aromatic nitrogens is 2. The average molecular weight is 862 g/mol. The van der Waals surface area contributed by atoms with Crippen molar-refractivity contribution in [2.75, 3.05) is 0 Å². The molecule has 0 aliphatic carbocycles. The maximum absolute atomic E-state index is 14.7. The molecule has 0 fully saturated rings. The number of aromatic amines is 1. The summed E-state index contributed by atoms with van der Waals surface area (Å²) in [4.78, 5) is 62.6. The molecule has 1 aromatic heterocycles. The van der Waals surface area contributed by atoms with Crippen molar-refractivity contribution in [3.8, 4) is 0 Å². The summed E-state index contributed by atoms with van der Waals surface area (Å²) in [6.07, 6.45) is 3.51. The Kier molecular flexibility index (Phi) is 18.4. The Labute approximate surface area is 371 Å². The fourth-order valence-corrected chi connectivity index (χ4v) is 8.40. The molecule has 0 aliphatic rings. The Bertz CT molecular complexity index is 2150. The van der Waals surface area contributed by atoms with Gasteiger partial charge in [-0.3, -0.25) is 19.2 Å². The van der Waals surface area contributed by atoms with Crippen LogP contribution < -0.4 is 27.4 Å². The molecule has 1 heterocycles. The van der Waals surface area contributed by atoms with Crippen molar-refractivity contribution in [2.24, 2.45) is 29.2 Å². The van der Waals surface area contributed by atoms with Crippen LogP contribution in [0.15, 0.2) is 97.5 Å². The maximum Gasteiger partial charge on any atom is 0.242 e. The Balaban J connectivity index is 1.32. The summed E-state index contributed by atoms with van der Waals surface area (Å²) in [5, 5.41) is 34.3. The Morgan fingerprint density at radius 2 is 1.27 bits per heavy atom. The number of amides is 3. The van der Waals surface area contributed by atoms with Crippen LogP contribution >= 0.6 is 0 Å². The van der Waals surface area contributed by atoms with Crippen molar-refractivity contribution in [3.63, 3.8) is 0 Å². The molecule has 0 bridgehead atoms. The molecule has 5 aromatic rings. The van der Waals surface area contributed by atoms with Crippen LogP contribution in [0, 0.1) is 17.8 Å². The monoisotopic (exact) mass is 862 g/mol. The Hall–Kier alpha value is -5.47. The van der Waals surface area contributed by atoms with Crippen molar-refractivity contribution in [1.29, 1.82) is 0 Å². The summed E-state index contributed by atoms with van der Waals surface area (Å²) in [5.41, 5.74) is 14.6. The third kappa shape index (κ3) is 15.1. The van der Waals surface area contributed by atoms with Gasteiger partial charge in [-0.2, -0.15) is 0 Å². The number of fused-ring (bicyclic) bond motifs is 2. The van der Waals surface area contributed by atoms with Crippen LogP contribution in [0.25, 0.3) is 21.5 Å². The number of nitrogens with two attached hydrogens (primary N) is 2. The lowest BCUT2D eigenvalue weighted by Gasteiger charge is -2.28. The number of benzene rings is 4. The van der Waals surface area contributed by atoms with E-state index in [-0.39, 0.29) is 43.3 Å². The van der Waals surface area contributed by atoms with Gasteiger partial charge in [0.25, 0.3) is 0 Å². The van der Waals surface area contributed by atoms with Gasteiger partial charge in [0.1, 0.15) is 18.1 Å². The summed E-state index contributed by atoms with van der Waals surface area (Å²) in [6.45, 7) is 7.78. The molecule has 5 rings (SSSR count). The first-order chi connectivity index (χ1) is 30.2. The number of Topliss-reactive ketones (excluding diaryl/α,β-unsaturated/α-hetero) is 1. The molecule has 6 atom stereocenters. The van der Waals surface area contributed by atoms with Crippen LogP contribution in [0.2, 0.25) is 0 Å². The zero-order valence-electron chi connectivity index (χ0n) is 37.1. The Morgan fingerprint density at radius 1 is 0.683 bits per heavy atom. The van der Waals surface area contributed by atoms with Gasteiger partial charge in [0, 0.05) is 31.0 Å². The molecule has 13 nitrogen and oxygen atoms in total. The number of carbonyl (C=O) groups excluding carboxylic acids is 4. The zero-order valence-corrected chi connectivity index (χ0v) is 37.1. The highest BCUT2D eigenvalue weighted by atomic mass is 16.3. The van der Waals surface area contributed by atoms with Crippen molar-refractivity contribution in [1.82, 2.24) is 25.9 Å². The lowest BCUT2D eigenvalue weighted by atomic mass is 9.83. The van der Waals surface area contributed by atoms with E-state index in [4.69, 9.17) is 11.5 Å².